The Morgan fingerprint density at radius 2 is 1.95 bits per heavy atom. The maximum absolute atomic E-state index is 3.59. The van der Waals surface area contributed by atoms with Crippen LogP contribution in [0.2, 0.25) is 0 Å². The summed E-state index contributed by atoms with van der Waals surface area (Å²) in [5, 5.41) is 3.59. The Morgan fingerprint density at radius 3 is 2.57 bits per heavy atom. The lowest BCUT2D eigenvalue weighted by Gasteiger charge is -2.33. The van der Waals surface area contributed by atoms with E-state index in [1.807, 2.05) is 0 Å². The van der Waals surface area contributed by atoms with Gasteiger partial charge in [-0.25, -0.2) is 0 Å². The van der Waals surface area contributed by atoms with Crippen LogP contribution in [0.5, 0.6) is 0 Å². The third-order valence-electron chi connectivity index (χ3n) is 4.28. The third kappa shape index (κ3) is 5.33. The van der Waals surface area contributed by atoms with Gasteiger partial charge in [-0.05, 0) is 49.5 Å². The lowest BCUT2D eigenvalue weighted by molar-refractivity contribution is 0.164. The predicted molar refractivity (Wildman–Crippen MR) is 91.9 cm³/mol. The highest BCUT2D eigenvalue weighted by molar-refractivity contribution is 5.45. The molecule has 0 spiro atoms. The van der Waals surface area contributed by atoms with Gasteiger partial charge in [-0.2, -0.15) is 0 Å². The van der Waals surface area contributed by atoms with Crippen molar-refractivity contribution in [2.75, 3.05) is 38.6 Å². The number of hydrogen-bond donors (Lipinski definition) is 1. The van der Waals surface area contributed by atoms with Crippen molar-refractivity contribution in [2.24, 2.45) is 5.92 Å². The molecule has 1 N–H and O–H groups in total. The van der Waals surface area contributed by atoms with Gasteiger partial charge in [0.1, 0.15) is 0 Å². The van der Waals surface area contributed by atoms with E-state index in [9.17, 15) is 0 Å². The highest BCUT2D eigenvalue weighted by Crippen LogP contribution is 2.19. The zero-order valence-corrected chi connectivity index (χ0v) is 14.1. The smallest absolute Gasteiger partial charge is 0.0361 e. The van der Waals surface area contributed by atoms with Crippen LogP contribution in [-0.2, 0) is 6.54 Å². The van der Waals surface area contributed by atoms with Crippen LogP contribution in [0.1, 0.15) is 32.3 Å². The van der Waals surface area contributed by atoms with Gasteiger partial charge in [-0.15, -0.1) is 0 Å². The first kappa shape index (κ1) is 16.3. The maximum atomic E-state index is 3.59. The van der Waals surface area contributed by atoms with E-state index in [2.05, 4.69) is 67.3 Å². The van der Waals surface area contributed by atoms with Crippen molar-refractivity contribution in [1.82, 2.24) is 10.2 Å². The summed E-state index contributed by atoms with van der Waals surface area (Å²) in [5.74, 6) is 0.808. The van der Waals surface area contributed by atoms with Gasteiger partial charge in [0, 0.05) is 38.9 Å². The number of benzene rings is 1. The van der Waals surface area contributed by atoms with Gasteiger partial charge in [-0.1, -0.05) is 26.0 Å². The van der Waals surface area contributed by atoms with Gasteiger partial charge in [0.05, 0.1) is 0 Å². The molecule has 1 fully saturated rings. The largest absolute Gasteiger partial charge is 0.378 e. The van der Waals surface area contributed by atoms with Crippen molar-refractivity contribution < 1.29 is 0 Å². The topological polar surface area (TPSA) is 18.5 Å². The van der Waals surface area contributed by atoms with Gasteiger partial charge >= 0.3 is 0 Å². The average molecular weight is 289 g/mol. The molecule has 0 aromatic heterocycles. The van der Waals surface area contributed by atoms with Gasteiger partial charge in [0.25, 0.3) is 0 Å². The molecule has 0 saturated carbocycles. The summed E-state index contributed by atoms with van der Waals surface area (Å²) in [5.41, 5.74) is 2.70. The molecule has 1 aliphatic rings. The van der Waals surface area contributed by atoms with Crippen molar-refractivity contribution in [3.63, 3.8) is 0 Å². The summed E-state index contributed by atoms with van der Waals surface area (Å²) in [7, 11) is 4.18. The Balaban J connectivity index is 1.84. The molecule has 0 aliphatic carbocycles. The SMILES string of the molecule is CC(C)NCC1CCCN(Cc2ccc(N(C)C)cc2)C1. The van der Waals surface area contributed by atoms with Gasteiger partial charge < -0.3 is 10.2 Å². The number of nitrogens with one attached hydrogen (secondary N) is 1. The average Bonchev–Trinajstić information content (AvgIpc) is 2.46. The lowest BCUT2D eigenvalue weighted by atomic mass is 9.97. The Labute approximate surface area is 130 Å². The quantitative estimate of drug-likeness (QED) is 0.868. The molecule has 1 aromatic rings. The standard InChI is InChI=1S/C18H31N3/c1-15(2)19-12-17-6-5-11-21(14-17)13-16-7-9-18(10-8-16)20(3)4/h7-10,15,17,19H,5-6,11-14H2,1-4H3. The fraction of sp³-hybridized carbons (Fsp3) is 0.667. The first-order valence-electron chi connectivity index (χ1n) is 8.26. The first-order valence-corrected chi connectivity index (χ1v) is 8.26. The van der Waals surface area contributed by atoms with E-state index in [-0.39, 0.29) is 0 Å². The van der Waals surface area contributed by atoms with Gasteiger partial charge in [0.2, 0.25) is 0 Å². The van der Waals surface area contributed by atoms with Crippen LogP contribution in [-0.4, -0.2) is 44.7 Å². The van der Waals surface area contributed by atoms with E-state index in [0.717, 1.165) is 19.0 Å². The van der Waals surface area contributed by atoms with Crippen LogP contribution in [0.25, 0.3) is 0 Å². The molecule has 1 saturated heterocycles. The van der Waals surface area contributed by atoms with Crippen LogP contribution in [0.4, 0.5) is 5.69 Å². The minimum absolute atomic E-state index is 0.596. The van der Waals surface area contributed by atoms with Crippen LogP contribution in [0.3, 0.4) is 0 Å². The molecule has 1 atom stereocenters. The second-order valence-electron chi connectivity index (χ2n) is 6.87. The van der Waals surface area contributed by atoms with Crippen molar-refractivity contribution in [2.45, 2.75) is 39.3 Å². The van der Waals surface area contributed by atoms with Crippen molar-refractivity contribution in [3.8, 4) is 0 Å². The van der Waals surface area contributed by atoms with Crippen LogP contribution in [0.15, 0.2) is 24.3 Å². The van der Waals surface area contributed by atoms with E-state index in [4.69, 9.17) is 0 Å². The fourth-order valence-corrected chi connectivity index (χ4v) is 3.02. The second-order valence-corrected chi connectivity index (χ2v) is 6.87. The van der Waals surface area contributed by atoms with E-state index in [0.29, 0.717) is 6.04 Å². The Kier molecular flexibility index (Phi) is 6.07. The zero-order valence-electron chi connectivity index (χ0n) is 14.1. The zero-order chi connectivity index (χ0) is 15.2. The number of piperidine rings is 1. The van der Waals surface area contributed by atoms with Crippen LogP contribution >= 0.6 is 0 Å². The summed E-state index contributed by atoms with van der Waals surface area (Å²) >= 11 is 0. The minimum atomic E-state index is 0.596. The summed E-state index contributed by atoms with van der Waals surface area (Å²) in [4.78, 5) is 4.76. The molecule has 1 aliphatic heterocycles. The molecular weight excluding hydrogens is 258 g/mol. The number of likely N-dealkylation sites (tertiary alicyclic amines) is 1. The lowest BCUT2D eigenvalue weighted by Crippen LogP contribution is -2.40. The molecular formula is C18H31N3. The summed E-state index contributed by atoms with van der Waals surface area (Å²) in [6.45, 7) is 9.18. The monoisotopic (exact) mass is 289 g/mol. The molecule has 0 radical (unpaired) electrons. The molecule has 0 bridgehead atoms. The minimum Gasteiger partial charge on any atom is -0.378 e. The molecule has 1 unspecified atom stereocenters. The molecule has 2 rings (SSSR count). The fourth-order valence-electron chi connectivity index (χ4n) is 3.02. The first-order chi connectivity index (χ1) is 10.0. The van der Waals surface area contributed by atoms with E-state index < -0.39 is 0 Å². The molecule has 0 amide bonds. The van der Waals surface area contributed by atoms with E-state index in [1.165, 1.54) is 37.2 Å². The van der Waals surface area contributed by atoms with E-state index >= 15 is 0 Å². The van der Waals surface area contributed by atoms with Crippen LogP contribution < -0.4 is 10.2 Å². The third-order valence-corrected chi connectivity index (χ3v) is 4.28. The van der Waals surface area contributed by atoms with Crippen molar-refractivity contribution >= 4 is 5.69 Å². The van der Waals surface area contributed by atoms with E-state index in [1.54, 1.807) is 0 Å². The Bertz CT molecular complexity index is 411. The summed E-state index contributed by atoms with van der Waals surface area (Å²) < 4.78 is 0. The summed E-state index contributed by atoms with van der Waals surface area (Å²) in [6, 6.07) is 9.57. The number of rotatable bonds is 6. The Hall–Kier alpha value is -1.06. The molecule has 118 valence electrons. The molecule has 21 heavy (non-hydrogen) atoms. The van der Waals surface area contributed by atoms with Crippen molar-refractivity contribution in [1.29, 1.82) is 0 Å². The molecule has 3 nitrogen and oxygen atoms in total. The molecule has 3 heteroatoms. The predicted octanol–water partition coefficient (Wildman–Crippen LogP) is 2.96. The summed E-state index contributed by atoms with van der Waals surface area (Å²) in [6.07, 6.45) is 2.70. The highest BCUT2D eigenvalue weighted by Gasteiger charge is 2.19. The van der Waals surface area contributed by atoms with Crippen LogP contribution in [0, 0.1) is 5.92 Å². The number of nitrogens with zero attached hydrogens (tertiary/aromatic N) is 2. The number of hydrogen-bond acceptors (Lipinski definition) is 3. The highest BCUT2D eigenvalue weighted by atomic mass is 15.1. The molecule has 1 aromatic carbocycles. The second kappa shape index (κ2) is 7.81. The van der Waals surface area contributed by atoms with Gasteiger partial charge in [-0.3, -0.25) is 4.90 Å². The van der Waals surface area contributed by atoms with Crippen molar-refractivity contribution in [3.05, 3.63) is 29.8 Å². The normalized spacial score (nSPS) is 20.0. The molecule has 1 heterocycles. The maximum Gasteiger partial charge on any atom is 0.0361 e. The van der Waals surface area contributed by atoms with Gasteiger partial charge in [0.15, 0.2) is 0 Å². The number of anilines is 1. The Morgan fingerprint density at radius 1 is 1.24 bits per heavy atom.